The van der Waals surface area contributed by atoms with Gasteiger partial charge in [0.25, 0.3) is 0 Å². The molecule has 0 aliphatic carbocycles. The van der Waals surface area contributed by atoms with Crippen LogP contribution in [0.4, 0.5) is 0 Å². The van der Waals surface area contributed by atoms with Gasteiger partial charge in [-0.05, 0) is 66.9 Å². The van der Waals surface area contributed by atoms with E-state index in [1.807, 2.05) is 38.2 Å². The summed E-state index contributed by atoms with van der Waals surface area (Å²) in [7, 11) is 0. The van der Waals surface area contributed by atoms with Crippen LogP contribution in [0.3, 0.4) is 0 Å². The summed E-state index contributed by atoms with van der Waals surface area (Å²) in [6.07, 6.45) is 4.80. The van der Waals surface area contributed by atoms with Crippen LogP contribution in [0.25, 0.3) is 10.9 Å². The number of H-pyrrole nitrogens is 1. The van der Waals surface area contributed by atoms with Gasteiger partial charge in [0.1, 0.15) is 0 Å². The van der Waals surface area contributed by atoms with Gasteiger partial charge in [0, 0.05) is 17.8 Å². The third-order valence-electron chi connectivity index (χ3n) is 5.00. The van der Waals surface area contributed by atoms with Crippen molar-refractivity contribution in [3.05, 3.63) is 58.0 Å². The largest absolute Gasteiger partial charge is 0.322 e. The zero-order valence-electron chi connectivity index (χ0n) is 15.5. The summed E-state index contributed by atoms with van der Waals surface area (Å²) in [5, 5.41) is 15.4. The predicted octanol–water partition coefficient (Wildman–Crippen LogP) is 2.56. The number of fused-ring (bicyclic) bond motifs is 1. The Hall–Kier alpha value is -2.15. The zero-order valence-corrected chi connectivity index (χ0v) is 15.5. The van der Waals surface area contributed by atoms with Crippen LogP contribution in [0, 0.1) is 5.92 Å². The lowest BCUT2D eigenvalue weighted by Crippen LogP contribution is -2.38. The molecule has 2 aromatic rings. The Labute approximate surface area is 153 Å². The van der Waals surface area contributed by atoms with Crippen molar-refractivity contribution in [2.75, 3.05) is 13.1 Å². The number of aromatic amines is 1. The van der Waals surface area contributed by atoms with E-state index in [2.05, 4.69) is 21.8 Å². The van der Waals surface area contributed by atoms with Crippen LogP contribution in [0.2, 0.25) is 0 Å². The molecule has 0 radical (unpaired) electrons. The number of benzene rings is 1. The lowest BCUT2D eigenvalue weighted by atomic mass is 9.85. The molecule has 1 saturated heterocycles. The highest BCUT2D eigenvalue weighted by Crippen LogP contribution is 2.29. The number of hydrogen-bond acceptors (Lipinski definition) is 5. The molecule has 6 heteroatoms. The second-order valence-electron chi connectivity index (χ2n) is 6.63. The van der Waals surface area contributed by atoms with Gasteiger partial charge in [0.05, 0.1) is 6.04 Å². The van der Waals surface area contributed by atoms with Crippen LogP contribution < -0.4 is 16.3 Å². The van der Waals surface area contributed by atoms with E-state index in [4.69, 9.17) is 0 Å². The molecule has 4 N–H and O–H groups in total. The lowest BCUT2D eigenvalue weighted by Gasteiger charge is -2.27. The molecule has 26 heavy (non-hydrogen) atoms. The van der Waals surface area contributed by atoms with Gasteiger partial charge in [-0.2, -0.15) is 5.17 Å². The molecule has 3 heterocycles. The van der Waals surface area contributed by atoms with E-state index >= 15 is 0 Å². The summed E-state index contributed by atoms with van der Waals surface area (Å²) in [6, 6.07) is 9.61. The van der Waals surface area contributed by atoms with Gasteiger partial charge in [-0.1, -0.05) is 26.0 Å². The Kier molecular flexibility index (Phi) is 6.08. The summed E-state index contributed by atoms with van der Waals surface area (Å²) in [5.74, 6) is 0.501. The van der Waals surface area contributed by atoms with Gasteiger partial charge in [-0.3, -0.25) is 10.0 Å². The average molecular weight is 356 g/mol. The minimum absolute atomic E-state index is 0.0875. The van der Waals surface area contributed by atoms with E-state index in [1.165, 1.54) is 5.57 Å². The Morgan fingerprint density at radius 1 is 1.15 bits per heavy atom. The van der Waals surface area contributed by atoms with Crippen molar-refractivity contribution in [1.82, 2.24) is 20.9 Å². The molecule has 4 rings (SSSR count). The topological polar surface area (TPSA) is 80.4 Å². The number of piperidine rings is 1. The molecule has 0 spiro atoms. The predicted molar refractivity (Wildman–Crippen MR) is 104 cm³/mol. The van der Waals surface area contributed by atoms with Crippen LogP contribution in [-0.4, -0.2) is 34.5 Å². The van der Waals surface area contributed by atoms with E-state index in [-0.39, 0.29) is 11.6 Å². The molecular formula is C20H28N4O2. The number of nitrogens with zero attached hydrogens (tertiary/aromatic N) is 1. The van der Waals surface area contributed by atoms with E-state index < -0.39 is 0 Å². The van der Waals surface area contributed by atoms with Crippen molar-refractivity contribution in [2.24, 2.45) is 5.92 Å². The highest BCUT2D eigenvalue weighted by molar-refractivity contribution is 5.78. The van der Waals surface area contributed by atoms with E-state index in [0.29, 0.717) is 5.92 Å². The number of nitrogens with one attached hydrogen (secondary N) is 3. The SMILES string of the molecule is CC.O=c1ccc2ccc(CC3NN(O)C=C3C3CCNCC3)cc2[nH]1. The second-order valence-corrected chi connectivity index (χ2v) is 6.63. The Morgan fingerprint density at radius 2 is 1.88 bits per heavy atom. The molecule has 140 valence electrons. The summed E-state index contributed by atoms with van der Waals surface area (Å²) < 4.78 is 0. The maximum atomic E-state index is 11.5. The van der Waals surface area contributed by atoms with Crippen LogP contribution in [0.1, 0.15) is 32.3 Å². The number of hydrazine groups is 1. The quantitative estimate of drug-likeness (QED) is 0.680. The number of pyridine rings is 1. The van der Waals surface area contributed by atoms with Gasteiger partial charge in [-0.15, -0.1) is 0 Å². The summed E-state index contributed by atoms with van der Waals surface area (Å²) in [6.45, 7) is 6.05. The minimum Gasteiger partial charge on any atom is -0.322 e. The van der Waals surface area contributed by atoms with Gasteiger partial charge in [0.2, 0.25) is 5.56 Å². The van der Waals surface area contributed by atoms with Crippen molar-refractivity contribution in [3.63, 3.8) is 0 Å². The zero-order chi connectivity index (χ0) is 18.5. The molecule has 1 fully saturated rings. The fourth-order valence-electron chi connectivity index (χ4n) is 3.77. The van der Waals surface area contributed by atoms with E-state index in [1.54, 1.807) is 6.07 Å². The molecular weight excluding hydrogens is 328 g/mol. The molecule has 6 nitrogen and oxygen atoms in total. The number of hydrogen-bond donors (Lipinski definition) is 4. The molecule has 1 atom stereocenters. The standard InChI is InChI=1S/C18H22N4O2.C2H6/c23-18-4-3-14-2-1-12(9-16(14)20-18)10-17-15(11-22(24)21-17)13-5-7-19-8-6-13;1-2/h1-4,9,11,13,17,19,21,24H,5-8,10H2,(H,20,23);1-2H3. The third-order valence-corrected chi connectivity index (χ3v) is 5.00. The number of hydroxylamine groups is 1. The highest BCUT2D eigenvalue weighted by atomic mass is 16.5. The average Bonchev–Trinajstić information content (AvgIpc) is 3.04. The first kappa shape index (κ1) is 18.6. The molecule has 0 saturated carbocycles. The van der Waals surface area contributed by atoms with E-state index in [9.17, 15) is 10.0 Å². The van der Waals surface area contributed by atoms with Crippen molar-refractivity contribution in [3.8, 4) is 0 Å². The van der Waals surface area contributed by atoms with Crippen LogP contribution in [0.5, 0.6) is 0 Å². The van der Waals surface area contributed by atoms with Gasteiger partial charge < -0.3 is 10.3 Å². The normalized spacial score (nSPS) is 20.7. The Balaban J connectivity index is 0.000000948. The van der Waals surface area contributed by atoms with Crippen LogP contribution >= 0.6 is 0 Å². The van der Waals surface area contributed by atoms with Crippen molar-refractivity contribution in [1.29, 1.82) is 0 Å². The van der Waals surface area contributed by atoms with Gasteiger partial charge in [-0.25, -0.2) is 5.43 Å². The van der Waals surface area contributed by atoms with Gasteiger partial charge >= 0.3 is 0 Å². The summed E-state index contributed by atoms with van der Waals surface area (Å²) in [5.41, 5.74) is 6.28. The molecule has 2 aliphatic rings. The second kappa shape index (κ2) is 8.49. The fraction of sp³-hybridized carbons (Fsp3) is 0.450. The summed E-state index contributed by atoms with van der Waals surface area (Å²) in [4.78, 5) is 14.4. The molecule has 2 aliphatic heterocycles. The van der Waals surface area contributed by atoms with Crippen molar-refractivity contribution in [2.45, 2.75) is 39.2 Å². The highest BCUT2D eigenvalue weighted by Gasteiger charge is 2.30. The van der Waals surface area contributed by atoms with Crippen LogP contribution in [-0.2, 0) is 6.42 Å². The maximum absolute atomic E-state index is 11.5. The minimum atomic E-state index is -0.0875. The molecule has 0 bridgehead atoms. The molecule has 1 aromatic heterocycles. The molecule has 1 unspecified atom stereocenters. The molecule has 0 amide bonds. The van der Waals surface area contributed by atoms with Crippen molar-refractivity contribution < 1.29 is 5.21 Å². The Bertz CT molecular complexity index is 824. The Morgan fingerprint density at radius 3 is 2.65 bits per heavy atom. The first-order chi connectivity index (χ1) is 12.7. The maximum Gasteiger partial charge on any atom is 0.248 e. The monoisotopic (exact) mass is 356 g/mol. The van der Waals surface area contributed by atoms with Crippen molar-refractivity contribution >= 4 is 10.9 Å². The smallest absolute Gasteiger partial charge is 0.248 e. The fourth-order valence-corrected chi connectivity index (χ4v) is 3.77. The number of rotatable bonds is 3. The first-order valence-corrected chi connectivity index (χ1v) is 9.47. The van der Waals surface area contributed by atoms with Gasteiger partial charge in [0.15, 0.2) is 0 Å². The summed E-state index contributed by atoms with van der Waals surface area (Å²) >= 11 is 0. The number of aromatic nitrogens is 1. The van der Waals surface area contributed by atoms with Crippen LogP contribution in [0.15, 0.2) is 46.9 Å². The van der Waals surface area contributed by atoms with E-state index in [0.717, 1.165) is 54.0 Å². The lowest BCUT2D eigenvalue weighted by molar-refractivity contribution is -0.0839. The molecule has 1 aromatic carbocycles. The third kappa shape index (κ3) is 4.15. The first-order valence-electron chi connectivity index (χ1n) is 9.47.